The van der Waals surface area contributed by atoms with Crippen molar-refractivity contribution in [3.8, 4) is 0 Å². The highest BCUT2D eigenvalue weighted by molar-refractivity contribution is 5.22. The molecule has 2 nitrogen and oxygen atoms in total. The molecule has 0 radical (unpaired) electrons. The van der Waals surface area contributed by atoms with Gasteiger partial charge in [-0.05, 0) is 23.2 Å². The fourth-order valence-corrected chi connectivity index (χ4v) is 2.16. The van der Waals surface area contributed by atoms with Crippen LogP contribution in [0, 0.1) is 0 Å². The Hall–Kier alpha value is -1.64. The number of hydrogen-bond donors (Lipinski definition) is 1. The molecule has 2 rings (SSSR count). The van der Waals surface area contributed by atoms with Crippen LogP contribution in [0.15, 0.2) is 54.6 Å². The third-order valence-corrected chi connectivity index (χ3v) is 3.36. The lowest BCUT2D eigenvalue weighted by Crippen LogP contribution is -2.22. The summed E-state index contributed by atoms with van der Waals surface area (Å²) in [5, 5.41) is 0. The molecule has 0 aliphatic rings. The van der Waals surface area contributed by atoms with Crippen molar-refractivity contribution in [3.05, 3.63) is 71.3 Å². The normalized spacial score (nSPS) is 10.9. The Kier molecular flexibility index (Phi) is 5.13. The standard InChI is InChI=1S/C17H22N2/c1-2-19(13-16-6-4-3-5-7-16)14-17-10-8-15(12-18)9-11-17/h3-11H,2,12-14,18H2,1H3. The molecule has 0 saturated carbocycles. The van der Waals surface area contributed by atoms with Gasteiger partial charge in [0.2, 0.25) is 0 Å². The Bertz CT molecular complexity index is 476. The summed E-state index contributed by atoms with van der Waals surface area (Å²) in [5.41, 5.74) is 9.52. The van der Waals surface area contributed by atoms with E-state index in [-0.39, 0.29) is 0 Å². The first kappa shape index (κ1) is 13.8. The van der Waals surface area contributed by atoms with Gasteiger partial charge in [-0.3, -0.25) is 4.90 Å². The van der Waals surface area contributed by atoms with Gasteiger partial charge in [0, 0.05) is 19.6 Å². The molecule has 100 valence electrons. The molecule has 2 aromatic rings. The summed E-state index contributed by atoms with van der Waals surface area (Å²) in [6.07, 6.45) is 0. The zero-order valence-corrected chi connectivity index (χ0v) is 11.5. The van der Waals surface area contributed by atoms with Crippen LogP contribution in [0.25, 0.3) is 0 Å². The van der Waals surface area contributed by atoms with Gasteiger partial charge in [0.25, 0.3) is 0 Å². The van der Waals surface area contributed by atoms with Gasteiger partial charge < -0.3 is 5.73 Å². The Morgan fingerprint density at radius 2 is 1.32 bits per heavy atom. The van der Waals surface area contributed by atoms with Crippen LogP contribution < -0.4 is 5.73 Å². The van der Waals surface area contributed by atoms with Crippen LogP contribution in [0.3, 0.4) is 0 Å². The molecule has 0 aromatic heterocycles. The number of rotatable bonds is 6. The Morgan fingerprint density at radius 1 is 0.789 bits per heavy atom. The summed E-state index contributed by atoms with van der Waals surface area (Å²) >= 11 is 0. The second-order valence-electron chi connectivity index (χ2n) is 4.81. The van der Waals surface area contributed by atoms with E-state index >= 15 is 0 Å². The van der Waals surface area contributed by atoms with Gasteiger partial charge >= 0.3 is 0 Å². The highest BCUT2D eigenvalue weighted by Crippen LogP contribution is 2.10. The predicted molar refractivity (Wildman–Crippen MR) is 80.6 cm³/mol. The lowest BCUT2D eigenvalue weighted by Gasteiger charge is -2.20. The van der Waals surface area contributed by atoms with E-state index < -0.39 is 0 Å². The van der Waals surface area contributed by atoms with Crippen molar-refractivity contribution in [3.63, 3.8) is 0 Å². The van der Waals surface area contributed by atoms with Crippen LogP contribution in [-0.2, 0) is 19.6 Å². The SMILES string of the molecule is CCN(Cc1ccccc1)Cc1ccc(CN)cc1. The summed E-state index contributed by atoms with van der Waals surface area (Å²) in [5.74, 6) is 0. The third kappa shape index (κ3) is 4.19. The van der Waals surface area contributed by atoms with Crippen LogP contribution in [-0.4, -0.2) is 11.4 Å². The fraction of sp³-hybridized carbons (Fsp3) is 0.294. The summed E-state index contributed by atoms with van der Waals surface area (Å²) in [6.45, 7) is 5.85. The van der Waals surface area contributed by atoms with Crippen molar-refractivity contribution >= 4 is 0 Å². The van der Waals surface area contributed by atoms with Crippen LogP contribution in [0.1, 0.15) is 23.6 Å². The lowest BCUT2D eigenvalue weighted by molar-refractivity contribution is 0.271. The zero-order chi connectivity index (χ0) is 13.5. The molecular weight excluding hydrogens is 232 g/mol. The summed E-state index contributed by atoms with van der Waals surface area (Å²) in [7, 11) is 0. The highest BCUT2D eigenvalue weighted by atomic mass is 15.1. The van der Waals surface area contributed by atoms with Crippen LogP contribution in [0.5, 0.6) is 0 Å². The van der Waals surface area contributed by atoms with E-state index in [1.54, 1.807) is 0 Å². The molecule has 0 heterocycles. The van der Waals surface area contributed by atoms with E-state index in [2.05, 4.69) is 66.4 Å². The van der Waals surface area contributed by atoms with Crippen molar-refractivity contribution in [2.45, 2.75) is 26.6 Å². The van der Waals surface area contributed by atoms with Gasteiger partial charge in [0.1, 0.15) is 0 Å². The monoisotopic (exact) mass is 254 g/mol. The van der Waals surface area contributed by atoms with E-state index in [1.165, 1.54) is 16.7 Å². The summed E-state index contributed by atoms with van der Waals surface area (Å²) in [6, 6.07) is 19.2. The van der Waals surface area contributed by atoms with E-state index in [0.717, 1.165) is 19.6 Å². The number of nitrogens with two attached hydrogens (primary N) is 1. The molecule has 0 amide bonds. The molecule has 2 N–H and O–H groups in total. The van der Waals surface area contributed by atoms with Gasteiger partial charge in [-0.1, -0.05) is 61.5 Å². The third-order valence-electron chi connectivity index (χ3n) is 3.36. The largest absolute Gasteiger partial charge is 0.326 e. The van der Waals surface area contributed by atoms with Crippen molar-refractivity contribution in [2.75, 3.05) is 6.54 Å². The first-order chi connectivity index (χ1) is 9.31. The number of hydrogen-bond acceptors (Lipinski definition) is 2. The second kappa shape index (κ2) is 7.07. The topological polar surface area (TPSA) is 29.3 Å². The molecule has 0 fully saturated rings. The van der Waals surface area contributed by atoms with Crippen molar-refractivity contribution in [1.82, 2.24) is 4.90 Å². The van der Waals surface area contributed by atoms with Crippen LogP contribution in [0.4, 0.5) is 0 Å². The van der Waals surface area contributed by atoms with Crippen LogP contribution in [0.2, 0.25) is 0 Å². The lowest BCUT2D eigenvalue weighted by atomic mass is 10.1. The van der Waals surface area contributed by atoms with Crippen molar-refractivity contribution in [1.29, 1.82) is 0 Å². The van der Waals surface area contributed by atoms with Crippen molar-refractivity contribution in [2.24, 2.45) is 5.73 Å². The van der Waals surface area contributed by atoms with Crippen LogP contribution >= 0.6 is 0 Å². The maximum absolute atomic E-state index is 5.62. The van der Waals surface area contributed by atoms with Gasteiger partial charge in [-0.2, -0.15) is 0 Å². The van der Waals surface area contributed by atoms with Gasteiger partial charge in [0.15, 0.2) is 0 Å². The average molecular weight is 254 g/mol. The maximum atomic E-state index is 5.62. The molecule has 0 unspecified atom stereocenters. The minimum Gasteiger partial charge on any atom is -0.326 e. The first-order valence-corrected chi connectivity index (χ1v) is 6.86. The fourth-order valence-electron chi connectivity index (χ4n) is 2.16. The summed E-state index contributed by atoms with van der Waals surface area (Å²) in [4.78, 5) is 2.44. The molecule has 2 heteroatoms. The van der Waals surface area contributed by atoms with Crippen molar-refractivity contribution < 1.29 is 0 Å². The zero-order valence-electron chi connectivity index (χ0n) is 11.5. The molecule has 0 spiro atoms. The Morgan fingerprint density at radius 3 is 1.84 bits per heavy atom. The van der Waals surface area contributed by atoms with Gasteiger partial charge in [-0.15, -0.1) is 0 Å². The molecule has 2 aromatic carbocycles. The first-order valence-electron chi connectivity index (χ1n) is 6.86. The smallest absolute Gasteiger partial charge is 0.0237 e. The highest BCUT2D eigenvalue weighted by Gasteiger charge is 2.04. The van der Waals surface area contributed by atoms with E-state index in [1.807, 2.05) is 0 Å². The second-order valence-corrected chi connectivity index (χ2v) is 4.81. The Balaban J connectivity index is 1.98. The Labute approximate surface area is 115 Å². The number of benzene rings is 2. The molecule has 0 aliphatic carbocycles. The predicted octanol–water partition coefficient (Wildman–Crippen LogP) is 3.17. The minimum absolute atomic E-state index is 0.613. The van der Waals surface area contributed by atoms with Gasteiger partial charge in [0.05, 0.1) is 0 Å². The van der Waals surface area contributed by atoms with Gasteiger partial charge in [-0.25, -0.2) is 0 Å². The van der Waals surface area contributed by atoms with E-state index in [0.29, 0.717) is 6.54 Å². The summed E-state index contributed by atoms with van der Waals surface area (Å²) < 4.78 is 0. The molecule has 0 bridgehead atoms. The van der Waals surface area contributed by atoms with E-state index in [4.69, 9.17) is 5.73 Å². The van der Waals surface area contributed by atoms with E-state index in [9.17, 15) is 0 Å². The minimum atomic E-state index is 0.613. The molecule has 0 aliphatic heterocycles. The number of nitrogens with zero attached hydrogens (tertiary/aromatic N) is 1. The maximum Gasteiger partial charge on any atom is 0.0237 e. The molecule has 19 heavy (non-hydrogen) atoms. The average Bonchev–Trinajstić information content (AvgIpc) is 2.48. The quantitative estimate of drug-likeness (QED) is 0.858. The molecule has 0 atom stereocenters. The molecule has 0 saturated heterocycles. The molecular formula is C17H22N2.